The molecule has 1 aliphatic rings. The van der Waals surface area contributed by atoms with E-state index in [1.807, 2.05) is 0 Å². The highest BCUT2D eigenvalue weighted by molar-refractivity contribution is 6.06. The van der Waals surface area contributed by atoms with Crippen molar-refractivity contribution in [2.24, 2.45) is 5.84 Å². The Kier molecular flexibility index (Phi) is 2.72. The summed E-state index contributed by atoms with van der Waals surface area (Å²) in [4.78, 5) is 23.1. The lowest BCUT2D eigenvalue weighted by Crippen LogP contribution is -2.55. The maximum absolute atomic E-state index is 11.8. The summed E-state index contributed by atoms with van der Waals surface area (Å²) in [5, 5.41) is 13.0. The fourth-order valence-corrected chi connectivity index (χ4v) is 1.86. The van der Waals surface area contributed by atoms with Gasteiger partial charge >= 0.3 is 6.03 Å². The van der Waals surface area contributed by atoms with Gasteiger partial charge in [0.1, 0.15) is 6.10 Å². The molecule has 0 spiro atoms. The zero-order chi connectivity index (χ0) is 13.5. The van der Waals surface area contributed by atoms with E-state index in [4.69, 9.17) is 11.6 Å². The summed E-state index contributed by atoms with van der Waals surface area (Å²) >= 11 is 0. The summed E-state index contributed by atoms with van der Waals surface area (Å²) in [5.74, 6) is 4.89. The Bertz CT molecular complexity index is 502. The molecule has 1 saturated heterocycles. The molecule has 0 aliphatic carbocycles. The topological polar surface area (TPSA) is 122 Å². The van der Waals surface area contributed by atoms with Crippen molar-refractivity contribution in [1.82, 2.24) is 10.3 Å². The van der Waals surface area contributed by atoms with Gasteiger partial charge in [0, 0.05) is 5.69 Å². The first-order valence-corrected chi connectivity index (χ1v) is 5.31. The number of amides is 3. The summed E-state index contributed by atoms with van der Waals surface area (Å²) in [7, 11) is 0. The predicted octanol–water partition coefficient (Wildman–Crippen LogP) is -0.514. The minimum absolute atomic E-state index is 0.451. The van der Waals surface area contributed by atoms with Crippen molar-refractivity contribution in [3.63, 3.8) is 0 Å². The van der Waals surface area contributed by atoms with Crippen molar-refractivity contribution in [3.05, 3.63) is 29.8 Å². The Balaban J connectivity index is 2.38. The number of imide groups is 1. The summed E-state index contributed by atoms with van der Waals surface area (Å²) in [6.07, 6.45) is -1.24. The number of carbonyl (C=O) groups is 2. The van der Waals surface area contributed by atoms with Gasteiger partial charge in [0.05, 0.1) is 0 Å². The van der Waals surface area contributed by atoms with Crippen LogP contribution in [0.5, 0.6) is 0 Å². The fourth-order valence-electron chi connectivity index (χ4n) is 1.86. The zero-order valence-electron chi connectivity index (χ0n) is 9.75. The summed E-state index contributed by atoms with van der Waals surface area (Å²) in [5.41, 5.74) is 4.99. The lowest BCUT2D eigenvalue weighted by atomic mass is 9.89. The van der Waals surface area contributed by atoms with Crippen LogP contribution in [0.4, 0.5) is 10.5 Å². The Hall–Kier alpha value is -2.12. The van der Waals surface area contributed by atoms with Crippen LogP contribution in [0, 0.1) is 0 Å². The molecule has 7 nitrogen and oxygen atoms in total. The lowest BCUT2D eigenvalue weighted by molar-refractivity contribution is -0.132. The van der Waals surface area contributed by atoms with Gasteiger partial charge in [-0.2, -0.15) is 0 Å². The number of nitrogens with zero attached hydrogens (tertiary/aromatic N) is 1. The third-order valence-electron chi connectivity index (χ3n) is 3.18. The van der Waals surface area contributed by atoms with Gasteiger partial charge in [-0.15, -0.1) is 0 Å². The normalized spacial score (nSPS) is 25.2. The number of hydrazine groups is 1. The minimum atomic E-state index is -1.53. The number of hydrogen-bond acceptors (Lipinski definition) is 5. The largest absolute Gasteiger partial charge is 0.399 e. The van der Waals surface area contributed by atoms with E-state index in [0.717, 1.165) is 0 Å². The lowest BCUT2D eigenvalue weighted by Gasteiger charge is -2.32. The molecule has 6 N–H and O–H groups in total. The van der Waals surface area contributed by atoms with Gasteiger partial charge in [-0.3, -0.25) is 10.1 Å². The monoisotopic (exact) mass is 250 g/mol. The number of benzene rings is 1. The first-order chi connectivity index (χ1) is 8.37. The molecule has 1 fully saturated rings. The number of hydrogen-bond donors (Lipinski definition) is 4. The Morgan fingerprint density at radius 1 is 1.33 bits per heavy atom. The number of rotatable bonds is 2. The standard InChI is InChI=1S/C11H14N4O3/c1-11(9(17)14-10(18)15(11)13)8(16)6-2-4-7(12)5-3-6/h2-5,8,16H,12-13H2,1H3,(H,14,17,18). The number of anilines is 1. The van der Waals surface area contributed by atoms with Crippen molar-refractivity contribution >= 4 is 17.6 Å². The van der Waals surface area contributed by atoms with Crippen LogP contribution >= 0.6 is 0 Å². The van der Waals surface area contributed by atoms with E-state index in [-0.39, 0.29) is 0 Å². The second-order valence-corrected chi connectivity index (χ2v) is 4.35. The smallest absolute Gasteiger partial charge is 0.339 e. The van der Waals surface area contributed by atoms with Gasteiger partial charge in [0.15, 0.2) is 5.54 Å². The van der Waals surface area contributed by atoms with Crippen LogP contribution in [0.15, 0.2) is 24.3 Å². The fraction of sp³-hybridized carbons (Fsp3) is 0.273. The van der Waals surface area contributed by atoms with Crippen molar-refractivity contribution in [3.8, 4) is 0 Å². The van der Waals surface area contributed by atoms with Crippen molar-refractivity contribution in [2.45, 2.75) is 18.6 Å². The number of nitrogens with one attached hydrogen (secondary N) is 1. The van der Waals surface area contributed by atoms with Gasteiger partial charge in [0.2, 0.25) is 0 Å². The van der Waals surface area contributed by atoms with Gasteiger partial charge < -0.3 is 10.8 Å². The number of carbonyl (C=O) groups excluding carboxylic acids is 2. The molecule has 1 aliphatic heterocycles. The van der Waals surface area contributed by atoms with Gasteiger partial charge in [0.25, 0.3) is 5.91 Å². The quantitative estimate of drug-likeness (QED) is 0.244. The molecular weight excluding hydrogens is 236 g/mol. The SMILES string of the molecule is CC1(C(O)c2ccc(N)cc2)C(=O)NC(=O)N1N. The van der Waals surface area contributed by atoms with Gasteiger partial charge in [-0.05, 0) is 24.6 Å². The molecule has 0 radical (unpaired) electrons. The zero-order valence-corrected chi connectivity index (χ0v) is 9.75. The molecule has 2 atom stereocenters. The minimum Gasteiger partial charge on any atom is -0.399 e. The van der Waals surface area contributed by atoms with E-state index in [2.05, 4.69) is 5.32 Å². The molecule has 1 heterocycles. The van der Waals surface area contributed by atoms with E-state index in [9.17, 15) is 14.7 Å². The third kappa shape index (κ3) is 1.60. The van der Waals surface area contributed by atoms with Crippen LogP contribution in [0.1, 0.15) is 18.6 Å². The molecule has 96 valence electrons. The van der Waals surface area contributed by atoms with Crippen LogP contribution in [0.2, 0.25) is 0 Å². The third-order valence-corrected chi connectivity index (χ3v) is 3.18. The van der Waals surface area contributed by atoms with E-state index < -0.39 is 23.6 Å². The summed E-state index contributed by atoms with van der Waals surface area (Å²) < 4.78 is 0. The van der Waals surface area contributed by atoms with Crippen molar-refractivity contribution in [1.29, 1.82) is 0 Å². The average molecular weight is 250 g/mol. The molecule has 2 unspecified atom stereocenters. The van der Waals surface area contributed by atoms with Crippen LogP contribution in [-0.2, 0) is 4.79 Å². The average Bonchev–Trinajstić information content (AvgIpc) is 2.54. The number of nitrogen functional groups attached to an aromatic ring is 1. The summed E-state index contributed by atoms with van der Waals surface area (Å²) in [6, 6.07) is 5.61. The number of aliphatic hydroxyl groups excluding tert-OH is 1. The molecule has 0 aromatic heterocycles. The summed E-state index contributed by atoms with van der Waals surface area (Å²) in [6.45, 7) is 1.40. The van der Waals surface area contributed by atoms with Gasteiger partial charge in [-0.25, -0.2) is 15.6 Å². The molecule has 1 aromatic carbocycles. The molecule has 0 saturated carbocycles. The van der Waals surface area contributed by atoms with Crippen LogP contribution in [0.3, 0.4) is 0 Å². The number of urea groups is 1. The first kappa shape index (κ1) is 12.3. The maximum Gasteiger partial charge on any atom is 0.339 e. The molecule has 2 rings (SSSR count). The van der Waals surface area contributed by atoms with Crippen LogP contribution < -0.4 is 16.9 Å². The van der Waals surface area contributed by atoms with Crippen molar-refractivity contribution < 1.29 is 14.7 Å². The second kappa shape index (κ2) is 3.97. The Morgan fingerprint density at radius 2 is 1.89 bits per heavy atom. The van der Waals surface area contributed by atoms with Crippen LogP contribution in [-0.4, -0.2) is 27.6 Å². The molecule has 7 heteroatoms. The Labute approximate surface area is 103 Å². The van der Waals surface area contributed by atoms with Crippen LogP contribution in [0.25, 0.3) is 0 Å². The van der Waals surface area contributed by atoms with E-state index >= 15 is 0 Å². The molecule has 18 heavy (non-hydrogen) atoms. The molecular formula is C11H14N4O3. The Morgan fingerprint density at radius 3 is 2.33 bits per heavy atom. The first-order valence-electron chi connectivity index (χ1n) is 5.31. The number of aliphatic hydroxyl groups is 1. The second-order valence-electron chi connectivity index (χ2n) is 4.35. The van der Waals surface area contributed by atoms with Crippen molar-refractivity contribution in [2.75, 3.05) is 5.73 Å². The maximum atomic E-state index is 11.8. The highest BCUT2D eigenvalue weighted by Crippen LogP contribution is 2.33. The highest BCUT2D eigenvalue weighted by Gasteiger charge is 2.53. The van der Waals surface area contributed by atoms with E-state index in [1.54, 1.807) is 24.3 Å². The van der Waals surface area contributed by atoms with E-state index in [1.165, 1.54) is 6.92 Å². The van der Waals surface area contributed by atoms with Gasteiger partial charge in [-0.1, -0.05) is 12.1 Å². The predicted molar refractivity (Wildman–Crippen MR) is 63.8 cm³/mol. The molecule has 3 amide bonds. The number of nitrogens with two attached hydrogens (primary N) is 2. The van der Waals surface area contributed by atoms with E-state index in [0.29, 0.717) is 16.3 Å². The highest BCUT2D eigenvalue weighted by atomic mass is 16.3. The molecule has 0 bridgehead atoms. The molecule has 1 aromatic rings.